The number of aliphatic hydroxyl groups is 1. The van der Waals surface area contributed by atoms with Gasteiger partial charge >= 0.3 is 0 Å². The zero-order chi connectivity index (χ0) is 14.1. The Morgan fingerprint density at radius 3 is 2.84 bits per heavy atom. The van der Waals surface area contributed by atoms with Gasteiger partial charge in [-0.1, -0.05) is 13.8 Å². The lowest BCUT2D eigenvalue weighted by Crippen LogP contribution is -2.32. The van der Waals surface area contributed by atoms with Gasteiger partial charge in [-0.2, -0.15) is 0 Å². The Morgan fingerprint density at radius 2 is 2.21 bits per heavy atom. The highest BCUT2D eigenvalue weighted by Crippen LogP contribution is 2.14. The Labute approximate surface area is 120 Å². The van der Waals surface area contributed by atoms with Gasteiger partial charge in [0.15, 0.2) is 0 Å². The van der Waals surface area contributed by atoms with Crippen LogP contribution in [-0.2, 0) is 4.74 Å². The molecule has 0 bridgehead atoms. The number of thiazole rings is 1. The van der Waals surface area contributed by atoms with Crippen LogP contribution >= 0.6 is 11.3 Å². The number of ether oxygens (including phenoxy) is 1. The monoisotopic (exact) mass is 286 g/mol. The van der Waals surface area contributed by atoms with Gasteiger partial charge in [0.2, 0.25) is 0 Å². The van der Waals surface area contributed by atoms with Gasteiger partial charge in [0.1, 0.15) is 5.01 Å². The van der Waals surface area contributed by atoms with Crippen molar-refractivity contribution in [2.45, 2.75) is 45.8 Å². The molecule has 5 heteroatoms. The van der Waals surface area contributed by atoms with E-state index < -0.39 is 6.10 Å². The maximum atomic E-state index is 9.80. The number of rotatable bonds is 10. The van der Waals surface area contributed by atoms with Gasteiger partial charge < -0.3 is 15.2 Å². The van der Waals surface area contributed by atoms with Gasteiger partial charge in [0.25, 0.3) is 0 Å². The summed E-state index contributed by atoms with van der Waals surface area (Å²) in [7, 11) is 0. The van der Waals surface area contributed by atoms with E-state index in [0.717, 1.165) is 18.0 Å². The molecule has 0 amide bonds. The van der Waals surface area contributed by atoms with Crippen LogP contribution in [0.3, 0.4) is 0 Å². The lowest BCUT2D eigenvalue weighted by molar-refractivity contribution is 0.0337. The molecular formula is C14H26N2O2S. The summed E-state index contributed by atoms with van der Waals surface area (Å²) in [6, 6.07) is 0.176. The smallest absolute Gasteiger partial charge is 0.109 e. The lowest BCUT2D eigenvalue weighted by atomic mass is 10.1. The molecule has 1 aromatic heterocycles. The van der Waals surface area contributed by atoms with E-state index >= 15 is 0 Å². The predicted octanol–water partition coefficient (Wildman–Crippen LogP) is 2.61. The fourth-order valence-corrected chi connectivity index (χ4v) is 2.39. The second-order valence-corrected chi connectivity index (χ2v) is 6.19. The highest BCUT2D eigenvalue weighted by molar-refractivity contribution is 7.09. The fraction of sp³-hybridized carbons (Fsp3) is 0.786. The van der Waals surface area contributed by atoms with Crippen LogP contribution in [0.4, 0.5) is 0 Å². The molecule has 1 aromatic rings. The van der Waals surface area contributed by atoms with Crippen LogP contribution in [0.1, 0.15) is 44.7 Å². The van der Waals surface area contributed by atoms with Gasteiger partial charge in [-0.25, -0.2) is 4.98 Å². The normalized spacial score (nSPS) is 14.8. The summed E-state index contributed by atoms with van der Waals surface area (Å²) in [4.78, 5) is 4.24. The third kappa shape index (κ3) is 7.62. The van der Waals surface area contributed by atoms with E-state index in [0.29, 0.717) is 19.1 Å². The average Bonchev–Trinajstić information content (AvgIpc) is 2.89. The van der Waals surface area contributed by atoms with Crippen molar-refractivity contribution in [2.75, 3.05) is 19.8 Å². The van der Waals surface area contributed by atoms with Crippen molar-refractivity contribution in [2.24, 2.45) is 5.92 Å². The van der Waals surface area contributed by atoms with E-state index in [-0.39, 0.29) is 6.04 Å². The lowest BCUT2D eigenvalue weighted by Gasteiger charge is -2.16. The molecule has 2 N–H and O–H groups in total. The van der Waals surface area contributed by atoms with Crippen molar-refractivity contribution in [3.8, 4) is 0 Å². The van der Waals surface area contributed by atoms with Crippen molar-refractivity contribution in [1.82, 2.24) is 10.3 Å². The summed E-state index contributed by atoms with van der Waals surface area (Å²) in [5.74, 6) is 0.717. The quantitative estimate of drug-likeness (QED) is 0.649. The summed E-state index contributed by atoms with van der Waals surface area (Å²) in [6.07, 6.45) is 3.58. The number of aromatic nitrogens is 1. The molecule has 0 aliphatic carbocycles. The third-order valence-corrected chi connectivity index (χ3v) is 3.82. The van der Waals surface area contributed by atoms with Gasteiger partial charge in [-0.15, -0.1) is 11.3 Å². The number of hydrogen-bond donors (Lipinski definition) is 2. The minimum Gasteiger partial charge on any atom is -0.389 e. The van der Waals surface area contributed by atoms with Crippen molar-refractivity contribution >= 4 is 11.3 Å². The standard InChI is InChI=1S/C14H26N2O2S/c1-11(2)5-4-7-18-10-13(17)9-16-12(3)14-15-6-8-19-14/h6,8,11-13,16-17H,4-5,7,9-10H2,1-3H3. The molecule has 2 atom stereocenters. The van der Waals surface area contributed by atoms with Gasteiger partial charge in [-0.3, -0.25) is 0 Å². The minimum absolute atomic E-state index is 0.176. The second kappa shape index (κ2) is 9.42. The number of nitrogens with zero attached hydrogens (tertiary/aromatic N) is 1. The molecular weight excluding hydrogens is 260 g/mol. The van der Waals surface area contributed by atoms with Crippen LogP contribution in [0.5, 0.6) is 0 Å². The highest BCUT2D eigenvalue weighted by atomic mass is 32.1. The Hall–Kier alpha value is -0.490. The van der Waals surface area contributed by atoms with Crippen molar-refractivity contribution in [3.05, 3.63) is 16.6 Å². The Bertz CT molecular complexity index is 317. The minimum atomic E-state index is -0.457. The molecule has 0 spiro atoms. The molecule has 0 saturated heterocycles. The van der Waals surface area contributed by atoms with Crippen LogP contribution in [0, 0.1) is 5.92 Å². The first-order chi connectivity index (χ1) is 9.09. The summed E-state index contributed by atoms with van der Waals surface area (Å²) in [6.45, 7) is 8.13. The third-order valence-electron chi connectivity index (χ3n) is 2.86. The summed E-state index contributed by atoms with van der Waals surface area (Å²) >= 11 is 1.62. The predicted molar refractivity (Wildman–Crippen MR) is 79.4 cm³/mol. The molecule has 0 fully saturated rings. The molecule has 0 saturated carbocycles. The SMILES string of the molecule is CC(C)CCCOCC(O)CNC(C)c1nccs1. The van der Waals surface area contributed by atoms with Gasteiger partial charge in [0.05, 0.1) is 18.8 Å². The first-order valence-electron chi connectivity index (χ1n) is 6.98. The maximum Gasteiger partial charge on any atom is 0.109 e. The number of hydrogen-bond acceptors (Lipinski definition) is 5. The summed E-state index contributed by atoms with van der Waals surface area (Å²) < 4.78 is 5.47. The molecule has 0 aromatic carbocycles. The number of aliphatic hydroxyl groups excluding tert-OH is 1. The van der Waals surface area contributed by atoms with Crippen LogP contribution in [0.2, 0.25) is 0 Å². The van der Waals surface area contributed by atoms with E-state index in [4.69, 9.17) is 4.74 Å². The van der Waals surface area contributed by atoms with Gasteiger partial charge in [-0.05, 0) is 25.7 Å². The van der Waals surface area contributed by atoms with Crippen molar-refractivity contribution in [3.63, 3.8) is 0 Å². The summed E-state index contributed by atoms with van der Waals surface area (Å²) in [5, 5.41) is 16.1. The number of nitrogens with one attached hydrogen (secondary N) is 1. The fourth-order valence-electron chi connectivity index (χ4n) is 1.72. The van der Waals surface area contributed by atoms with Crippen LogP contribution in [-0.4, -0.2) is 36.0 Å². The first kappa shape index (κ1) is 16.6. The summed E-state index contributed by atoms with van der Waals surface area (Å²) in [5.41, 5.74) is 0. The Morgan fingerprint density at radius 1 is 1.42 bits per heavy atom. The van der Waals surface area contributed by atoms with Crippen LogP contribution in [0.15, 0.2) is 11.6 Å². The molecule has 1 rings (SSSR count). The molecule has 0 aliphatic rings. The van der Waals surface area contributed by atoms with Crippen LogP contribution < -0.4 is 5.32 Å². The van der Waals surface area contributed by atoms with Crippen molar-refractivity contribution < 1.29 is 9.84 Å². The largest absolute Gasteiger partial charge is 0.389 e. The molecule has 1 heterocycles. The Balaban J connectivity index is 2.03. The van der Waals surface area contributed by atoms with E-state index in [1.165, 1.54) is 6.42 Å². The van der Waals surface area contributed by atoms with E-state index in [1.807, 2.05) is 5.38 Å². The molecule has 2 unspecified atom stereocenters. The second-order valence-electron chi connectivity index (χ2n) is 5.27. The zero-order valence-corrected chi connectivity index (χ0v) is 12.9. The highest BCUT2D eigenvalue weighted by Gasteiger charge is 2.10. The average molecular weight is 286 g/mol. The molecule has 4 nitrogen and oxygen atoms in total. The van der Waals surface area contributed by atoms with E-state index in [9.17, 15) is 5.11 Å². The Kier molecular flexibility index (Phi) is 8.21. The molecule has 110 valence electrons. The van der Waals surface area contributed by atoms with E-state index in [1.54, 1.807) is 17.5 Å². The zero-order valence-electron chi connectivity index (χ0n) is 12.1. The maximum absolute atomic E-state index is 9.80. The van der Waals surface area contributed by atoms with Crippen molar-refractivity contribution in [1.29, 1.82) is 0 Å². The molecule has 0 aliphatic heterocycles. The molecule has 0 radical (unpaired) electrons. The van der Waals surface area contributed by atoms with E-state index in [2.05, 4.69) is 31.1 Å². The first-order valence-corrected chi connectivity index (χ1v) is 7.86. The topological polar surface area (TPSA) is 54.4 Å². The van der Waals surface area contributed by atoms with Crippen LogP contribution in [0.25, 0.3) is 0 Å². The van der Waals surface area contributed by atoms with Gasteiger partial charge in [0, 0.05) is 24.7 Å². The molecule has 19 heavy (non-hydrogen) atoms.